The molecule has 238 valence electrons. The van der Waals surface area contributed by atoms with E-state index in [1.807, 2.05) is 67.6 Å². The first-order valence-corrected chi connectivity index (χ1v) is 15.6. The predicted molar refractivity (Wildman–Crippen MR) is 187 cm³/mol. The molecule has 0 bridgehead atoms. The van der Waals surface area contributed by atoms with Gasteiger partial charge >= 0.3 is 0 Å². The summed E-state index contributed by atoms with van der Waals surface area (Å²) in [6.07, 6.45) is 2.93. The molecule has 8 nitrogen and oxygen atoms in total. The van der Waals surface area contributed by atoms with Gasteiger partial charge in [-0.1, -0.05) is 83.9 Å². The number of nitrogens with one attached hydrogen (secondary N) is 2. The summed E-state index contributed by atoms with van der Waals surface area (Å²) in [4.78, 5) is 44.2. The SMILES string of the molecule is CNC(=O)c1ccc(C=CC(=O)NCC(=O)N(Cc2ccccc2)c2ccc(Cl)c(COc3cccc4ccc(C)nc34)c2Cl)cc1. The van der Waals surface area contributed by atoms with E-state index in [1.54, 1.807) is 49.5 Å². The summed E-state index contributed by atoms with van der Waals surface area (Å²) in [5.41, 5.74) is 4.63. The number of hydrogen-bond acceptors (Lipinski definition) is 5. The number of rotatable bonds is 11. The maximum absolute atomic E-state index is 13.7. The maximum atomic E-state index is 13.7. The monoisotopic (exact) mass is 666 g/mol. The molecule has 0 aliphatic heterocycles. The minimum absolute atomic E-state index is 0.0409. The Kier molecular flexibility index (Phi) is 10.9. The highest BCUT2D eigenvalue weighted by molar-refractivity contribution is 6.38. The zero-order valence-electron chi connectivity index (χ0n) is 25.8. The summed E-state index contributed by atoms with van der Waals surface area (Å²) in [5, 5.41) is 6.81. The quantitative estimate of drug-likeness (QED) is 0.146. The van der Waals surface area contributed by atoms with Crippen molar-refractivity contribution in [2.24, 2.45) is 0 Å². The summed E-state index contributed by atoms with van der Waals surface area (Å²) < 4.78 is 6.18. The maximum Gasteiger partial charge on any atom is 0.251 e. The van der Waals surface area contributed by atoms with Gasteiger partial charge in [-0.3, -0.25) is 14.4 Å². The number of anilines is 1. The lowest BCUT2D eigenvalue weighted by molar-refractivity contribution is -0.122. The zero-order valence-corrected chi connectivity index (χ0v) is 27.3. The van der Waals surface area contributed by atoms with E-state index in [4.69, 9.17) is 27.9 Å². The van der Waals surface area contributed by atoms with Gasteiger partial charge in [0.25, 0.3) is 5.91 Å². The van der Waals surface area contributed by atoms with Crippen molar-refractivity contribution < 1.29 is 19.1 Å². The minimum atomic E-state index is -0.455. The van der Waals surface area contributed by atoms with Crippen molar-refractivity contribution in [1.82, 2.24) is 15.6 Å². The average molecular weight is 668 g/mol. The number of halogens is 2. The molecule has 0 saturated carbocycles. The summed E-state index contributed by atoms with van der Waals surface area (Å²) in [7, 11) is 1.56. The number of fused-ring (bicyclic) bond motifs is 1. The number of amides is 3. The Morgan fingerprint density at radius 2 is 1.66 bits per heavy atom. The van der Waals surface area contributed by atoms with Gasteiger partial charge in [0.15, 0.2) is 0 Å². The van der Waals surface area contributed by atoms with Crippen molar-refractivity contribution in [3.8, 4) is 5.75 Å². The number of hydrogen-bond donors (Lipinski definition) is 2. The van der Waals surface area contributed by atoms with Gasteiger partial charge in [0.1, 0.15) is 17.9 Å². The molecule has 5 rings (SSSR count). The lowest BCUT2D eigenvalue weighted by Crippen LogP contribution is -2.39. The van der Waals surface area contributed by atoms with E-state index in [0.717, 1.165) is 27.7 Å². The molecule has 0 radical (unpaired) electrons. The van der Waals surface area contributed by atoms with Crippen LogP contribution in [0.3, 0.4) is 0 Å². The Labute approximate surface area is 283 Å². The van der Waals surface area contributed by atoms with Gasteiger partial charge in [-0.2, -0.15) is 0 Å². The summed E-state index contributed by atoms with van der Waals surface area (Å²) in [6, 6.07) is 29.2. The standard InChI is InChI=1S/C37H32Cl2N4O4/c1-24-11-15-27-9-6-10-32(36(27)42-24)47-23-29-30(38)18-19-31(35(29)39)43(22-26-7-4-3-5-8-26)34(45)21-41-33(44)20-14-25-12-16-28(17-13-25)37(46)40-2/h3-20H,21-23H2,1-2H3,(H,40,46)(H,41,44). The van der Waals surface area contributed by atoms with E-state index in [0.29, 0.717) is 27.6 Å². The van der Waals surface area contributed by atoms with Crippen LogP contribution < -0.4 is 20.3 Å². The molecule has 10 heteroatoms. The lowest BCUT2D eigenvalue weighted by atomic mass is 10.1. The molecule has 2 N–H and O–H groups in total. The van der Waals surface area contributed by atoms with Crippen molar-refractivity contribution in [3.63, 3.8) is 0 Å². The van der Waals surface area contributed by atoms with Crippen LogP contribution in [-0.2, 0) is 22.7 Å². The van der Waals surface area contributed by atoms with Crippen LogP contribution in [0.5, 0.6) is 5.75 Å². The Hall–Kier alpha value is -5.18. The van der Waals surface area contributed by atoms with Crippen LogP contribution in [0.4, 0.5) is 5.69 Å². The predicted octanol–water partition coefficient (Wildman–Crippen LogP) is 7.15. The first kappa shape index (κ1) is 33.2. The van der Waals surface area contributed by atoms with E-state index in [2.05, 4.69) is 15.6 Å². The first-order valence-electron chi connectivity index (χ1n) is 14.8. The summed E-state index contributed by atoms with van der Waals surface area (Å²) in [5.74, 6) is -0.451. The smallest absolute Gasteiger partial charge is 0.251 e. The van der Waals surface area contributed by atoms with Gasteiger partial charge in [0.2, 0.25) is 11.8 Å². The fourth-order valence-corrected chi connectivity index (χ4v) is 5.44. The number of aryl methyl sites for hydroxylation is 1. The molecule has 0 unspecified atom stereocenters. The molecule has 0 atom stereocenters. The van der Waals surface area contributed by atoms with Crippen molar-refractivity contribution in [1.29, 1.82) is 0 Å². The van der Waals surface area contributed by atoms with Gasteiger partial charge < -0.3 is 20.3 Å². The molecule has 1 heterocycles. The molecule has 0 saturated heterocycles. The number of benzene rings is 4. The minimum Gasteiger partial charge on any atom is -0.487 e. The van der Waals surface area contributed by atoms with Crippen LogP contribution in [0.1, 0.15) is 32.7 Å². The molecule has 1 aromatic heterocycles. The molecular formula is C37H32Cl2N4O4. The molecule has 5 aromatic rings. The third kappa shape index (κ3) is 8.35. The highest BCUT2D eigenvalue weighted by Gasteiger charge is 2.23. The first-order chi connectivity index (χ1) is 22.7. The largest absolute Gasteiger partial charge is 0.487 e. The van der Waals surface area contributed by atoms with Crippen LogP contribution in [0.2, 0.25) is 10.0 Å². The Bertz CT molecular complexity index is 1950. The molecule has 0 spiro atoms. The third-order valence-electron chi connectivity index (χ3n) is 7.38. The fourth-order valence-electron chi connectivity index (χ4n) is 4.86. The number of pyridine rings is 1. The lowest BCUT2D eigenvalue weighted by Gasteiger charge is -2.26. The highest BCUT2D eigenvalue weighted by Crippen LogP contribution is 2.36. The van der Waals surface area contributed by atoms with Crippen molar-refractivity contribution >= 4 is 63.6 Å². The number of para-hydroxylation sites is 1. The van der Waals surface area contributed by atoms with Crippen LogP contribution in [0.15, 0.2) is 103 Å². The van der Waals surface area contributed by atoms with E-state index in [-0.39, 0.29) is 36.5 Å². The van der Waals surface area contributed by atoms with E-state index >= 15 is 0 Å². The van der Waals surface area contributed by atoms with Crippen molar-refractivity contribution in [3.05, 3.63) is 141 Å². The molecule has 0 aliphatic carbocycles. The fraction of sp³-hybridized carbons (Fsp3) is 0.135. The number of aromatic nitrogens is 1. The van der Waals surface area contributed by atoms with Crippen LogP contribution in [-0.4, -0.2) is 36.3 Å². The van der Waals surface area contributed by atoms with Gasteiger partial charge in [0.05, 0.1) is 23.8 Å². The van der Waals surface area contributed by atoms with Crippen LogP contribution in [0.25, 0.3) is 17.0 Å². The van der Waals surface area contributed by atoms with Crippen LogP contribution in [0, 0.1) is 6.92 Å². The van der Waals surface area contributed by atoms with E-state index in [1.165, 1.54) is 11.0 Å². The molecule has 0 aliphatic rings. The van der Waals surface area contributed by atoms with E-state index < -0.39 is 5.91 Å². The number of ether oxygens (including phenoxy) is 1. The average Bonchev–Trinajstić information content (AvgIpc) is 3.09. The second kappa shape index (κ2) is 15.4. The Morgan fingerprint density at radius 1 is 0.894 bits per heavy atom. The molecule has 4 aromatic carbocycles. The second-order valence-electron chi connectivity index (χ2n) is 10.6. The highest BCUT2D eigenvalue weighted by atomic mass is 35.5. The molecule has 3 amide bonds. The van der Waals surface area contributed by atoms with Crippen LogP contribution >= 0.6 is 23.2 Å². The van der Waals surface area contributed by atoms with Gasteiger partial charge in [-0.25, -0.2) is 4.98 Å². The molecular weight excluding hydrogens is 635 g/mol. The second-order valence-corrected chi connectivity index (χ2v) is 11.4. The number of nitrogens with zero attached hydrogens (tertiary/aromatic N) is 2. The topological polar surface area (TPSA) is 101 Å². The normalized spacial score (nSPS) is 11.0. The van der Waals surface area contributed by atoms with Crippen molar-refractivity contribution in [2.75, 3.05) is 18.5 Å². The Balaban J connectivity index is 1.34. The summed E-state index contributed by atoms with van der Waals surface area (Å²) >= 11 is 13.6. The zero-order chi connectivity index (χ0) is 33.3. The summed E-state index contributed by atoms with van der Waals surface area (Å²) in [6.45, 7) is 1.88. The Morgan fingerprint density at radius 3 is 2.40 bits per heavy atom. The molecule has 0 fully saturated rings. The number of carbonyl (C=O) groups excluding carboxylic acids is 3. The van der Waals surface area contributed by atoms with Gasteiger partial charge in [-0.15, -0.1) is 0 Å². The third-order valence-corrected chi connectivity index (χ3v) is 8.15. The molecule has 47 heavy (non-hydrogen) atoms. The van der Waals surface area contributed by atoms with Gasteiger partial charge in [-0.05, 0) is 60.5 Å². The number of carbonyl (C=O) groups is 3. The van der Waals surface area contributed by atoms with E-state index in [9.17, 15) is 14.4 Å². The van der Waals surface area contributed by atoms with Gasteiger partial charge in [0, 0.05) is 40.4 Å². The van der Waals surface area contributed by atoms with Crippen molar-refractivity contribution in [2.45, 2.75) is 20.1 Å².